The molecule has 2 atom stereocenters. The molecule has 84 valence electrons. The Balaban J connectivity index is 2.25. The molecule has 1 aliphatic carbocycles. The van der Waals surface area contributed by atoms with Gasteiger partial charge in [-0.25, -0.2) is 4.39 Å². The number of carbonyl (C=O) groups is 1. The molecule has 1 fully saturated rings. The van der Waals surface area contributed by atoms with E-state index >= 15 is 0 Å². The molecule has 0 aromatic heterocycles. The molecule has 0 unspecified atom stereocenters. The van der Waals surface area contributed by atoms with E-state index in [1.54, 1.807) is 0 Å². The van der Waals surface area contributed by atoms with E-state index in [0.717, 1.165) is 6.07 Å². The minimum atomic E-state index is -0.956. The molecule has 5 nitrogen and oxygen atoms in total. The molecule has 2 rings (SSSR count). The quantitative estimate of drug-likeness (QED) is 0.629. The fourth-order valence-electron chi connectivity index (χ4n) is 1.74. The molecule has 6 heteroatoms. The Labute approximate surface area is 89.7 Å². The van der Waals surface area contributed by atoms with Gasteiger partial charge in [0.2, 0.25) is 0 Å². The van der Waals surface area contributed by atoms with Gasteiger partial charge in [0.05, 0.1) is 16.9 Å². The third kappa shape index (κ3) is 1.73. The zero-order valence-corrected chi connectivity index (χ0v) is 8.09. The molecule has 1 aromatic carbocycles. The predicted octanol–water partition coefficient (Wildman–Crippen LogP) is 1.92. The summed E-state index contributed by atoms with van der Waals surface area (Å²) < 4.78 is 13.4. The van der Waals surface area contributed by atoms with Gasteiger partial charge in [-0.15, -0.1) is 0 Å². The normalized spacial score (nSPS) is 22.8. The second-order valence-electron chi connectivity index (χ2n) is 3.75. The van der Waals surface area contributed by atoms with Gasteiger partial charge in [-0.2, -0.15) is 0 Å². The van der Waals surface area contributed by atoms with Crippen LogP contribution in [0, 0.1) is 21.8 Å². The lowest BCUT2D eigenvalue weighted by molar-refractivity contribution is -0.385. The summed E-state index contributed by atoms with van der Waals surface area (Å²) >= 11 is 0. The van der Waals surface area contributed by atoms with Gasteiger partial charge in [-0.3, -0.25) is 14.9 Å². The first-order chi connectivity index (χ1) is 7.50. The molecule has 0 spiro atoms. The van der Waals surface area contributed by atoms with Gasteiger partial charge in [0.25, 0.3) is 5.69 Å². The highest BCUT2D eigenvalue weighted by atomic mass is 19.1. The number of nitro groups is 1. The van der Waals surface area contributed by atoms with Crippen molar-refractivity contribution in [2.45, 2.75) is 12.3 Å². The second kappa shape index (κ2) is 3.55. The van der Waals surface area contributed by atoms with Crippen LogP contribution in [0.3, 0.4) is 0 Å². The average Bonchev–Trinajstić information content (AvgIpc) is 2.97. The fourth-order valence-corrected chi connectivity index (χ4v) is 1.74. The van der Waals surface area contributed by atoms with E-state index in [9.17, 15) is 19.3 Å². The summed E-state index contributed by atoms with van der Waals surface area (Å²) in [7, 11) is 0. The predicted molar refractivity (Wildman–Crippen MR) is 51.5 cm³/mol. The SMILES string of the molecule is O=C(O)[C@@H]1C[C@H]1c1ccc([N+](=O)[O-])cc1F. The third-order valence-corrected chi connectivity index (χ3v) is 2.70. The summed E-state index contributed by atoms with van der Waals surface area (Å²) in [5.41, 5.74) is -0.0771. The fraction of sp³-hybridized carbons (Fsp3) is 0.300. The number of rotatable bonds is 3. The monoisotopic (exact) mass is 225 g/mol. The van der Waals surface area contributed by atoms with Crippen molar-refractivity contribution < 1.29 is 19.2 Å². The van der Waals surface area contributed by atoms with Crippen LogP contribution >= 0.6 is 0 Å². The van der Waals surface area contributed by atoms with E-state index in [4.69, 9.17) is 5.11 Å². The molecule has 0 heterocycles. The van der Waals surface area contributed by atoms with Gasteiger partial charge >= 0.3 is 5.97 Å². The van der Waals surface area contributed by atoms with E-state index in [1.807, 2.05) is 0 Å². The minimum Gasteiger partial charge on any atom is -0.481 e. The van der Waals surface area contributed by atoms with E-state index in [2.05, 4.69) is 0 Å². The lowest BCUT2D eigenvalue weighted by Gasteiger charge is -2.00. The Bertz CT molecular complexity index is 474. The molecule has 0 amide bonds. The summed E-state index contributed by atoms with van der Waals surface area (Å²) in [5.74, 6) is -2.57. The number of hydrogen-bond acceptors (Lipinski definition) is 3. The van der Waals surface area contributed by atoms with Crippen molar-refractivity contribution in [1.29, 1.82) is 0 Å². The number of carboxylic acids is 1. The summed E-state index contributed by atoms with van der Waals surface area (Å²) in [6.07, 6.45) is 0.393. The first-order valence-electron chi connectivity index (χ1n) is 4.67. The van der Waals surface area contributed by atoms with Crippen molar-refractivity contribution in [3.63, 3.8) is 0 Å². The van der Waals surface area contributed by atoms with Crippen LogP contribution in [0.25, 0.3) is 0 Å². The smallest absolute Gasteiger partial charge is 0.307 e. The van der Waals surface area contributed by atoms with E-state index in [-0.39, 0.29) is 17.2 Å². The number of hydrogen-bond donors (Lipinski definition) is 1. The van der Waals surface area contributed by atoms with E-state index < -0.39 is 22.6 Å². The van der Waals surface area contributed by atoms with Crippen molar-refractivity contribution >= 4 is 11.7 Å². The molecule has 0 saturated heterocycles. The van der Waals surface area contributed by atoms with Crippen molar-refractivity contribution in [1.82, 2.24) is 0 Å². The Morgan fingerprint density at radius 1 is 1.56 bits per heavy atom. The number of carboxylic acid groups (broad SMARTS) is 1. The molecule has 1 saturated carbocycles. The molecular weight excluding hydrogens is 217 g/mol. The van der Waals surface area contributed by atoms with Crippen molar-refractivity contribution in [3.8, 4) is 0 Å². The number of nitrogens with zero attached hydrogens (tertiary/aromatic N) is 1. The van der Waals surface area contributed by atoms with E-state index in [0.29, 0.717) is 6.42 Å². The lowest BCUT2D eigenvalue weighted by atomic mass is 10.1. The zero-order valence-electron chi connectivity index (χ0n) is 8.09. The van der Waals surface area contributed by atoms with Gasteiger partial charge in [-0.05, 0) is 18.1 Å². The van der Waals surface area contributed by atoms with Crippen LogP contribution in [0.15, 0.2) is 18.2 Å². The number of benzene rings is 1. The van der Waals surface area contributed by atoms with Crippen LogP contribution in [-0.4, -0.2) is 16.0 Å². The zero-order chi connectivity index (χ0) is 11.9. The number of aliphatic carboxylic acids is 1. The Morgan fingerprint density at radius 2 is 2.25 bits per heavy atom. The van der Waals surface area contributed by atoms with Crippen LogP contribution in [0.5, 0.6) is 0 Å². The Kier molecular flexibility index (Phi) is 2.34. The first-order valence-corrected chi connectivity index (χ1v) is 4.67. The molecular formula is C10H8FNO4. The summed E-state index contributed by atoms with van der Waals surface area (Å²) in [5, 5.41) is 19.1. The third-order valence-electron chi connectivity index (χ3n) is 2.70. The Hall–Kier alpha value is -1.98. The van der Waals surface area contributed by atoms with Crippen molar-refractivity contribution in [2.24, 2.45) is 5.92 Å². The van der Waals surface area contributed by atoms with Gasteiger partial charge in [0, 0.05) is 12.0 Å². The standard InChI is InChI=1S/C10H8FNO4/c11-9-3-5(12(15)16)1-2-6(9)7-4-8(7)10(13)14/h1-3,7-8H,4H2,(H,13,14)/t7-,8+/m0/s1. The Morgan fingerprint density at radius 3 is 2.69 bits per heavy atom. The van der Waals surface area contributed by atoms with Crippen molar-refractivity contribution in [2.75, 3.05) is 0 Å². The first kappa shape index (κ1) is 10.5. The average molecular weight is 225 g/mol. The molecule has 0 bridgehead atoms. The highest BCUT2D eigenvalue weighted by molar-refractivity contribution is 5.75. The summed E-state index contributed by atoms with van der Waals surface area (Å²) in [6.45, 7) is 0. The molecule has 1 aromatic rings. The number of non-ortho nitro benzene ring substituents is 1. The van der Waals surface area contributed by atoms with Gasteiger partial charge in [-0.1, -0.05) is 0 Å². The largest absolute Gasteiger partial charge is 0.481 e. The van der Waals surface area contributed by atoms with Gasteiger partial charge in [0.15, 0.2) is 0 Å². The molecule has 16 heavy (non-hydrogen) atoms. The van der Waals surface area contributed by atoms with Crippen LogP contribution in [0.2, 0.25) is 0 Å². The number of nitro benzene ring substituents is 1. The van der Waals surface area contributed by atoms with Crippen LogP contribution in [0.4, 0.5) is 10.1 Å². The van der Waals surface area contributed by atoms with Gasteiger partial charge in [0.1, 0.15) is 5.82 Å². The molecule has 1 aliphatic rings. The molecule has 1 N–H and O–H groups in total. The van der Waals surface area contributed by atoms with E-state index in [1.165, 1.54) is 12.1 Å². The minimum absolute atomic E-state index is 0.248. The maximum Gasteiger partial charge on any atom is 0.307 e. The van der Waals surface area contributed by atoms with Crippen molar-refractivity contribution in [3.05, 3.63) is 39.7 Å². The number of halogens is 1. The maximum atomic E-state index is 13.4. The maximum absolute atomic E-state index is 13.4. The highest BCUT2D eigenvalue weighted by Gasteiger charge is 2.45. The summed E-state index contributed by atoms with van der Waals surface area (Å²) in [6, 6.07) is 3.31. The van der Waals surface area contributed by atoms with Crippen LogP contribution in [-0.2, 0) is 4.79 Å². The second-order valence-corrected chi connectivity index (χ2v) is 3.75. The topological polar surface area (TPSA) is 80.4 Å². The van der Waals surface area contributed by atoms with Crippen LogP contribution in [0.1, 0.15) is 17.9 Å². The van der Waals surface area contributed by atoms with Gasteiger partial charge < -0.3 is 5.11 Å². The highest BCUT2D eigenvalue weighted by Crippen LogP contribution is 2.48. The molecule has 0 radical (unpaired) electrons. The summed E-state index contributed by atoms with van der Waals surface area (Å²) in [4.78, 5) is 20.3. The van der Waals surface area contributed by atoms with Crippen LogP contribution < -0.4 is 0 Å². The lowest BCUT2D eigenvalue weighted by Crippen LogP contribution is -2.00. The molecule has 0 aliphatic heterocycles.